The molecule has 0 heterocycles. The number of carbonyl (C=O) groups excluding carboxylic acids is 1. The highest BCUT2D eigenvalue weighted by molar-refractivity contribution is 6.30. The van der Waals surface area contributed by atoms with Crippen molar-refractivity contribution in [1.29, 1.82) is 0 Å². The van der Waals surface area contributed by atoms with Crippen LogP contribution in [0, 0.1) is 5.92 Å². The maximum atomic E-state index is 12.0. The van der Waals surface area contributed by atoms with Gasteiger partial charge in [-0.3, -0.25) is 4.79 Å². The Kier molecular flexibility index (Phi) is 6.33. The summed E-state index contributed by atoms with van der Waals surface area (Å²) in [5.74, 6) is 1.02. The number of hydrogen-bond donors (Lipinski definition) is 2. The highest BCUT2D eigenvalue weighted by Crippen LogP contribution is 2.26. The highest BCUT2D eigenvalue weighted by Gasteiger charge is 2.23. The lowest BCUT2D eigenvalue weighted by Crippen LogP contribution is -2.47. The lowest BCUT2D eigenvalue weighted by molar-refractivity contribution is -0.124. The van der Waals surface area contributed by atoms with E-state index in [1.165, 1.54) is 19.3 Å². The van der Waals surface area contributed by atoms with E-state index >= 15 is 0 Å². The van der Waals surface area contributed by atoms with Crippen molar-refractivity contribution in [3.05, 3.63) is 29.3 Å². The van der Waals surface area contributed by atoms with Crippen molar-refractivity contribution in [3.63, 3.8) is 0 Å². The van der Waals surface area contributed by atoms with Gasteiger partial charge in [0.25, 0.3) is 5.91 Å². The molecule has 0 bridgehead atoms. The van der Waals surface area contributed by atoms with Crippen molar-refractivity contribution in [3.8, 4) is 5.75 Å². The van der Waals surface area contributed by atoms with E-state index in [1.807, 2.05) is 0 Å². The molecule has 0 aromatic heterocycles. The van der Waals surface area contributed by atoms with E-state index in [9.17, 15) is 4.79 Å². The summed E-state index contributed by atoms with van der Waals surface area (Å²) in [6, 6.07) is 7.03. The molecule has 0 spiro atoms. The summed E-state index contributed by atoms with van der Waals surface area (Å²) in [4.78, 5) is 12.0. The van der Waals surface area contributed by atoms with E-state index in [-0.39, 0.29) is 18.6 Å². The Balaban J connectivity index is 1.78. The van der Waals surface area contributed by atoms with E-state index in [0.29, 0.717) is 23.2 Å². The topological polar surface area (TPSA) is 64.3 Å². The van der Waals surface area contributed by atoms with Crippen LogP contribution >= 0.6 is 11.6 Å². The second-order valence-corrected chi connectivity index (χ2v) is 5.99. The number of ether oxygens (including phenoxy) is 1. The van der Waals surface area contributed by atoms with Crippen LogP contribution in [-0.2, 0) is 4.79 Å². The molecule has 0 aliphatic heterocycles. The maximum absolute atomic E-state index is 12.0. The lowest BCUT2D eigenvalue weighted by atomic mass is 9.84. The van der Waals surface area contributed by atoms with E-state index in [0.717, 1.165) is 12.8 Å². The van der Waals surface area contributed by atoms with Gasteiger partial charge >= 0.3 is 0 Å². The van der Waals surface area contributed by atoms with Gasteiger partial charge in [0.15, 0.2) is 6.61 Å². The molecule has 5 heteroatoms. The zero-order valence-corrected chi connectivity index (χ0v) is 12.9. The molecule has 2 rings (SSSR count). The van der Waals surface area contributed by atoms with Crippen LogP contribution in [0.15, 0.2) is 24.3 Å². The van der Waals surface area contributed by atoms with Crippen LogP contribution in [0.2, 0.25) is 5.02 Å². The Bertz CT molecular complexity index is 444. The fourth-order valence-electron chi connectivity index (χ4n) is 2.83. The third kappa shape index (κ3) is 5.21. The fraction of sp³-hybridized carbons (Fsp3) is 0.562. The van der Waals surface area contributed by atoms with Crippen molar-refractivity contribution < 1.29 is 9.53 Å². The van der Waals surface area contributed by atoms with Gasteiger partial charge in [-0.2, -0.15) is 0 Å². The zero-order chi connectivity index (χ0) is 15.1. The molecular formula is C16H23ClN2O2. The average molecular weight is 311 g/mol. The Labute approximate surface area is 131 Å². The van der Waals surface area contributed by atoms with Crippen molar-refractivity contribution >= 4 is 17.5 Å². The van der Waals surface area contributed by atoms with E-state index in [4.69, 9.17) is 22.1 Å². The Morgan fingerprint density at radius 2 is 1.95 bits per heavy atom. The van der Waals surface area contributed by atoms with Gasteiger partial charge in [0.1, 0.15) is 5.75 Å². The molecule has 1 saturated carbocycles. The molecule has 1 amide bonds. The minimum Gasteiger partial charge on any atom is -0.484 e. The molecule has 3 N–H and O–H groups in total. The van der Waals surface area contributed by atoms with E-state index < -0.39 is 0 Å². The van der Waals surface area contributed by atoms with Crippen molar-refractivity contribution in [2.45, 2.75) is 38.1 Å². The molecule has 4 nitrogen and oxygen atoms in total. The number of rotatable bonds is 6. The number of benzene rings is 1. The maximum Gasteiger partial charge on any atom is 0.258 e. The summed E-state index contributed by atoms with van der Waals surface area (Å²) in [6.45, 7) is 0.488. The van der Waals surface area contributed by atoms with Crippen molar-refractivity contribution in [2.75, 3.05) is 13.2 Å². The zero-order valence-electron chi connectivity index (χ0n) is 12.2. The third-order valence-electron chi connectivity index (χ3n) is 4.00. The van der Waals surface area contributed by atoms with Gasteiger partial charge in [0, 0.05) is 17.6 Å². The van der Waals surface area contributed by atoms with Gasteiger partial charge in [-0.25, -0.2) is 0 Å². The van der Waals surface area contributed by atoms with Crippen LogP contribution in [0.25, 0.3) is 0 Å². The minimum atomic E-state index is -0.119. The minimum absolute atomic E-state index is 0.00481. The summed E-state index contributed by atoms with van der Waals surface area (Å²) in [5, 5.41) is 3.65. The second kappa shape index (κ2) is 8.25. The van der Waals surface area contributed by atoms with Crippen LogP contribution in [0.4, 0.5) is 0 Å². The number of halogens is 1. The van der Waals surface area contributed by atoms with Crippen LogP contribution in [0.3, 0.4) is 0 Å². The van der Waals surface area contributed by atoms with Gasteiger partial charge in [-0.15, -0.1) is 0 Å². The fourth-order valence-corrected chi connectivity index (χ4v) is 2.96. The molecule has 0 radical (unpaired) electrons. The molecule has 21 heavy (non-hydrogen) atoms. The second-order valence-electron chi connectivity index (χ2n) is 5.55. The summed E-state index contributed by atoms with van der Waals surface area (Å²) in [7, 11) is 0. The van der Waals surface area contributed by atoms with Gasteiger partial charge < -0.3 is 15.8 Å². The van der Waals surface area contributed by atoms with Crippen molar-refractivity contribution in [1.82, 2.24) is 5.32 Å². The molecule has 1 aromatic rings. The smallest absolute Gasteiger partial charge is 0.258 e. The molecule has 1 aromatic carbocycles. The number of carbonyl (C=O) groups is 1. The monoisotopic (exact) mass is 310 g/mol. The summed E-state index contributed by atoms with van der Waals surface area (Å²) < 4.78 is 5.44. The summed E-state index contributed by atoms with van der Waals surface area (Å²) >= 11 is 5.80. The van der Waals surface area contributed by atoms with Gasteiger partial charge in [-0.1, -0.05) is 30.9 Å². The molecule has 116 valence electrons. The molecule has 1 unspecified atom stereocenters. The first-order valence-corrected chi connectivity index (χ1v) is 7.94. The first kappa shape index (κ1) is 16.1. The first-order chi connectivity index (χ1) is 10.2. The van der Waals surface area contributed by atoms with Crippen molar-refractivity contribution in [2.24, 2.45) is 11.7 Å². The van der Waals surface area contributed by atoms with Crippen LogP contribution in [0.1, 0.15) is 32.1 Å². The van der Waals surface area contributed by atoms with Gasteiger partial charge in [0.2, 0.25) is 0 Å². The molecule has 1 aliphatic carbocycles. The Morgan fingerprint density at radius 3 is 2.57 bits per heavy atom. The van der Waals surface area contributed by atoms with Gasteiger partial charge in [-0.05, 0) is 43.0 Å². The summed E-state index contributed by atoms with van der Waals surface area (Å²) in [6.07, 6.45) is 6.07. The molecule has 1 fully saturated rings. The Hall–Kier alpha value is -1.26. The normalized spacial score (nSPS) is 17.2. The first-order valence-electron chi connectivity index (χ1n) is 7.57. The molecule has 1 aliphatic rings. The van der Waals surface area contributed by atoms with Gasteiger partial charge in [0.05, 0.1) is 0 Å². The predicted octanol–water partition coefficient (Wildman–Crippen LogP) is 2.74. The van der Waals surface area contributed by atoms with Crippen LogP contribution in [-0.4, -0.2) is 25.1 Å². The quantitative estimate of drug-likeness (QED) is 0.849. The van der Waals surface area contributed by atoms with E-state index in [1.54, 1.807) is 24.3 Å². The molecule has 1 atom stereocenters. The largest absolute Gasteiger partial charge is 0.484 e. The number of amides is 1. The number of hydrogen-bond acceptors (Lipinski definition) is 3. The number of nitrogens with one attached hydrogen (secondary N) is 1. The predicted molar refractivity (Wildman–Crippen MR) is 84.5 cm³/mol. The Morgan fingerprint density at radius 1 is 1.29 bits per heavy atom. The molecule has 0 saturated heterocycles. The number of nitrogens with two attached hydrogens (primary N) is 1. The lowest BCUT2D eigenvalue weighted by Gasteiger charge is -2.30. The average Bonchev–Trinajstić information content (AvgIpc) is 2.53. The van der Waals surface area contributed by atoms with Crippen LogP contribution < -0.4 is 15.8 Å². The van der Waals surface area contributed by atoms with E-state index in [2.05, 4.69) is 5.32 Å². The highest BCUT2D eigenvalue weighted by atomic mass is 35.5. The summed E-state index contributed by atoms with van der Waals surface area (Å²) in [5.41, 5.74) is 5.81. The molecular weight excluding hydrogens is 288 g/mol. The SMILES string of the molecule is NCC(NC(=O)COc1ccc(Cl)cc1)C1CCCCC1. The standard InChI is InChI=1S/C16H23ClN2O2/c17-13-6-8-14(9-7-13)21-11-16(20)19-15(10-18)12-4-2-1-3-5-12/h6-9,12,15H,1-5,10-11,18H2,(H,19,20). The third-order valence-corrected chi connectivity index (χ3v) is 4.25. The van der Waals surface area contributed by atoms with Crippen LogP contribution in [0.5, 0.6) is 5.75 Å².